The Morgan fingerprint density at radius 1 is 1.53 bits per heavy atom. The molecule has 0 aliphatic carbocycles. The van der Waals surface area contributed by atoms with Gasteiger partial charge in [-0.3, -0.25) is 19.9 Å². The third-order valence-electron chi connectivity index (χ3n) is 3.45. The van der Waals surface area contributed by atoms with E-state index in [4.69, 9.17) is 5.73 Å². The molecule has 0 saturated heterocycles. The summed E-state index contributed by atoms with van der Waals surface area (Å²) in [6.07, 6.45) is 4.30. The van der Waals surface area contributed by atoms with Crippen LogP contribution >= 0.6 is 0 Å². The number of H-pyrrole nitrogens is 1. The number of anilines is 1. The largest absolute Gasteiger partial charge is 0.369 e. The van der Waals surface area contributed by atoms with E-state index >= 15 is 0 Å². The number of hydrogen-bond donors (Lipinski definition) is 3. The van der Waals surface area contributed by atoms with Crippen molar-refractivity contribution in [1.82, 2.24) is 20.2 Å². The highest BCUT2D eigenvalue weighted by Gasteiger charge is 2.28. The van der Waals surface area contributed by atoms with Crippen LogP contribution in [-0.2, 0) is 17.8 Å². The number of fused-ring (bicyclic) bond motifs is 1. The van der Waals surface area contributed by atoms with Crippen LogP contribution in [0.4, 0.5) is 5.95 Å². The smallest absolute Gasteiger partial charge is 0.255 e. The first-order chi connectivity index (χ1) is 9.15. The number of nitrogens with zero attached hydrogens (tertiary/aromatic N) is 2. The Hall–Kier alpha value is -2.15. The molecule has 3 rings (SSSR count). The molecule has 2 aliphatic rings. The van der Waals surface area contributed by atoms with E-state index in [0.717, 1.165) is 0 Å². The summed E-state index contributed by atoms with van der Waals surface area (Å²) in [6, 6.07) is -0.263. The number of aromatic amines is 1. The van der Waals surface area contributed by atoms with Crippen LogP contribution in [-0.4, -0.2) is 39.9 Å². The minimum atomic E-state index is -0.263. The summed E-state index contributed by atoms with van der Waals surface area (Å²) in [6.45, 7) is 1.59. The summed E-state index contributed by atoms with van der Waals surface area (Å²) in [5.74, 6) is 0.108. The Bertz CT molecular complexity index is 607. The molecular weight excluding hydrogens is 246 g/mol. The summed E-state index contributed by atoms with van der Waals surface area (Å²) in [5, 5.41) is 3.09. The molecule has 19 heavy (non-hydrogen) atoms. The molecule has 7 nitrogen and oxygen atoms in total. The molecular formula is C12H15N5O2. The normalized spacial score (nSPS) is 21.5. The van der Waals surface area contributed by atoms with Crippen molar-refractivity contribution in [3.63, 3.8) is 0 Å². The van der Waals surface area contributed by atoms with Gasteiger partial charge in [0.05, 0.1) is 12.2 Å². The highest BCUT2D eigenvalue weighted by atomic mass is 16.2. The lowest BCUT2D eigenvalue weighted by Gasteiger charge is -2.29. The maximum absolute atomic E-state index is 12.2. The predicted molar refractivity (Wildman–Crippen MR) is 69.3 cm³/mol. The van der Waals surface area contributed by atoms with E-state index in [-0.39, 0.29) is 23.5 Å². The van der Waals surface area contributed by atoms with Crippen LogP contribution in [0.1, 0.15) is 11.3 Å². The number of aromatic nitrogens is 2. The van der Waals surface area contributed by atoms with Gasteiger partial charge in [0.2, 0.25) is 11.9 Å². The van der Waals surface area contributed by atoms with Gasteiger partial charge in [0, 0.05) is 18.7 Å². The highest BCUT2D eigenvalue weighted by Crippen LogP contribution is 2.15. The maximum Gasteiger partial charge on any atom is 0.255 e. The summed E-state index contributed by atoms with van der Waals surface area (Å²) in [4.78, 5) is 32.3. The van der Waals surface area contributed by atoms with Crippen molar-refractivity contribution in [2.45, 2.75) is 19.0 Å². The lowest BCUT2D eigenvalue weighted by molar-refractivity contribution is -0.133. The van der Waals surface area contributed by atoms with Crippen LogP contribution in [0.15, 0.2) is 16.9 Å². The van der Waals surface area contributed by atoms with E-state index in [2.05, 4.69) is 15.3 Å². The number of carbonyl (C=O) groups excluding carboxylic acids is 1. The van der Waals surface area contributed by atoms with Crippen molar-refractivity contribution in [3.05, 3.63) is 33.8 Å². The van der Waals surface area contributed by atoms with Gasteiger partial charge < -0.3 is 10.6 Å². The second-order valence-electron chi connectivity index (χ2n) is 4.70. The summed E-state index contributed by atoms with van der Waals surface area (Å²) in [7, 11) is 0. The van der Waals surface area contributed by atoms with Gasteiger partial charge >= 0.3 is 0 Å². The van der Waals surface area contributed by atoms with E-state index in [1.807, 2.05) is 12.2 Å². The van der Waals surface area contributed by atoms with Gasteiger partial charge in [0.1, 0.15) is 6.04 Å². The molecule has 1 aromatic heterocycles. The van der Waals surface area contributed by atoms with Crippen LogP contribution in [0, 0.1) is 0 Å². The van der Waals surface area contributed by atoms with Gasteiger partial charge in [-0.25, -0.2) is 4.98 Å². The molecule has 3 heterocycles. The van der Waals surface area contributed by atoms with Crippen LogP contribution in [0.2, 0.25) is 0 Å². The molecule has 1 aromatic rings. The van der Waals surface area contributed by atoms with Crippen molar-refractivity contribution >= 4 is 11.9 Å². The molecule has 0 fully saturated rings. The Labute approximate surface area is 109 Å². The zero-order valence-electron chi connectivity index (χ0n) is 10.3. The third kappa shape index (κ3) is 2.12. The molecule has 1 unspecified atom stereocenters. The fourth-order valence-electron chi connectivity index (χ4n) is 2.48. The Kier molecular flexibility index (Phi) is 2.83. The molecule has 2 aliphatic heterocycles. The zero-order chi connectivity index (χ0) is 13.4. The molecule has 100 valence electrons. The molecule has 0 saturated carbocycles. The molecule has 0 spiro atoms. The standard InChI is InChI=1S/C12H15N5O2/c13-12-15-9-6-17(5-3-7(9)10(18)16-12)11(19)8-2-1-4-14-8/h1-2,8,14H,3-6H2,(H3,13,15,16,18). The molecule has 0 radical (unpaired) electrons. The number of nitrogens with one attached hydrogen (secondary N) is 2. The van der Waals surface area contributed by atoms with Crippen LogP contribution in [0.5, 0.6) is 0 Å². The molecule has 0 aromatic carbocycles. The number of amides is 1. The van der Waals surface area contributed by atoms with E-state index in [0.29, 0.717) is 37.3 Å². The van der Waals surface area contributed by atoms with E-state index in [9.17, 15) is 9.59 Å². The predicted octanol–water partition coefficient (Wildman–Crippen LogP) is -1.24. The molecule has 0 bridgehead atoms. The minimum absolute atomic E-state index is 0.0139. The van der Waals surface area contributed by atoms with Gasteiger partial charge in [-0.15, -0.1) is 0 Å². The summed E-state index contributed by atoms with van der Waals surface area (Å²) < 4.78 is 0. The van der Waals surface area contributed by atoms with Crippen LogP contribution in [0.25, 0.3) is 0 Å². The second-order valence-corrected chi connectivity index (χ2v) is 4.70. The molecule has 1 atom stereocenters. The van der Waals surface area contributed by atoms with Gasteiger partial charge in [-0.05, 0) is 6.42 Å². The van der Waals surface area contributed by atoms with Crippen molar-refractivity contribution in [2.75, 3.05) is 18.8 Å². The molecule has 1 amide bonds. The monoisotopic (exact) mass is 261 g/mol. The average molecular weight is 261 g/mol. The van der Waals surface area contributed by atoms with Gasteiger partial charge in [-0.2, -0.15) is 0 Å². The first kappa shape index (κ1) is 11.9. The zero-order valence-corrected chi connectivity index (χ0v) is 10.3. The van der Waals surface area contributed by atoms with Crippen molar-refractivity contribution < 1.29 is 4.79 Å². The number of nitrogens with two attached hydrogens (primary N) is 1. The highest BCUT2D eigenvalue weighted by molar-refractivity contribution is 5.84. The molecule has 7 heteroatoms. The van der Waals surface area contributed by atoms with E-state index < -0.39 is 0 Å². The Balaban J connectivity index is 1.84. The average Bonchev–Trinajstić information content (AvgIpc) is 2.90. The summed E-state index contributed by atoms with van der Waals surface area (Å²) in [5.41, 5.74) is 6.56. The molecule has 4 N–H and O–H groups in total. The third-order valence-corrected chi connectivity index (χ3v) is 3.45. The summed E-state index contributed by atoms with van der Waals surface area (Å²) >= 11 is 0. The quantitative estimate of drug-likeness (QED) is 0.549. The van der Waals surface area contributed by atoms with Crippen molar-refractivity contribution in [2.24, 2.45) is 0 Å². The van der Waals surface area contributed by atoms with Crippen molar-refractivity contribution in [3.8, 4) is 0 Å². The Morgan fingerprint density at radius 3 is 3.11 bits per heavy atom. The fraction of sp³-hybridized carbons (Fsp3) is 0.417. The topological polar surface area (TPSA) is 104 Å². The van der Waals surface area contributed by atoms with Crippen LogP contribution < -0.4 is 16.6 Å². The Morgan fingerprint density at radius 2 is 2.37 bits per heavy atom. The lowest BCUT2D eigenvalue weighted by atomic mass is 10.1. The first-order valence-corrected chi connectivity index (χ1v) is 6.21. The van der Waals surface area contributed by atoms with Gasteiger partial charge in [0.15, 0.2) is 0 Å². The number of carbonyl (C=O) groups is 1. The van der Waals surface area contributed by atoms with E-state index in [1.54, 1.807) is 4.90 Å². The van der Waals surface area contributed by atoms with Crippen LogP contribution in [0.3, 0.4) is 0 Å². The van der Waals surface area contributed by atoms with Gasteiger partial charge in [0.25, 0.3) is 5.56 Å². The number of nitrogen functional groups attached to an aromatic ring is 1. The van der Waals surface area contributed by atoms with E-state index in [1.165, 1.54) is 0 Å². The number of hydrogen-bond acceptors (Lipinski definition) is 5. The minimum Gasteiger partial charge on any atom is -0.369 e. The fourth-order valence-corrected chi connectivity index (χ4v) is 2.48. The maximum atomic E-state index is 12.2. The van der Waals surface area contributed by atoms with Gasteiger partial charge in [-0.1, -0.05) is 12.2 Å². The van der Waals surface area contributed by atoms with Crippen molar-refractivity contribution in [1.29, 1.82) is 0 Å². The SMILES string of the molecule is Nc1nc2c(c(=O)[nH]1)CCN(C(=O)C1C=CCN1)C2. The lowest BCUT2D eigenvalue weighted by Crippen LogP contribution is -2.46. The first-order valence-electron chi connectivity index (χ1n) is 6.21. The number of rotatable bonds is 1. The second kappa shape index (κ2) is 4.51.